The van der Waals surface area contributed by atoms with Crippen molar-refractivity contribution in [3.8, 4) is 11.5 Å². The number of carbonyl (C=O) groups is 1. The Labute approximate surface area is 117 Å². The number of aromatic nitrogens is 1. The second-order valence-electron chi connectivity index (χ2n) is 5.09. The Morgan fingerprint density at radius 3 is 2.85 bits per heavy atom. The molecule has 2 aromatic heterocycles. The molecule has 0 radical (unpaired) electrons. The summed E-state index contributed by atoms with van der Waals surface area (Å²) < 4.78 is 10.3. The van der Waals surface area contributed by atoms with Crippen molar-refractivity contribution in [3.63, 3.8) is 0 Å². The topological polar surface area (TPSA) is 94.3 Å². The quantitative estimate of drug-likeness (QED) is 0.842. The zero-order valence-corrected chi connectivity index (χ0v) is 11.6. The first-order valence-corrected chi connectivity index (χ1v) is 6.61. The van der Waals surface area contributed by atoms with Gasteiger partial charge in [0.05, 0.1) is 6.26 Å². The Morgan fingerprint density at radius 1 is 1.45 bits per heavy atom. The minimum absolute atomic E-state index is 0.0636. The number of hydrogen-bond donors (Lipinski definition) is 2. The minimum atomic E-state index is -0.289. The first-order valence-electron chi connectivity index (χ1n) is 6.61. The largest absolute Gasteiger partial charge is 0.461 e. The van der Waals surface area contributed by atoms with Gasteiger partial charge >= 0.3 is 0 Å². The lowest BCUT2D eigenvalue weighted by atomic mass is 10.0. The van der Waals surface area contributed by atoms with Crippen LogP contribution in [0.25, 0.3) is 11.5 Å². The Hall–Kier alpha value is -2.08. The summed E-state index contributed by atoms with van der Waals surface area (Å²) in [6.45, 7) is 4.56. The zero-order valence-electron chi connectivity index (χ0n) is 11.6. The number of amides is 1. The summed E-state index contributed by atoms with van der Waals surface area (Å²) in [7, 11) is 0. The molecule has 1 unspecified atom stereocenters. The molecule has 6 heteroatoms. The van der Waals surface area contributed by atoms with Crippen LogP contribution in [-0.4, -0.2) is 23.7 Å². The fourth-order valence-corrected chi connectivity index (χ4v) is 1.96. The molecule has 0 bridgehead atoms. The zero-order chi connectivity index (χ0) is 14.5. The summed E-state index contributed by atoms with van der Waals surface area (Å²) in [5, 5.41) is 6.61. The molecule has 0 aromatic carbocycles. The van der Waals surface area contributed by atoms with E-state index >= 15 is 0 Å². The summed E-state index contributed by atoms with van der Waals surface area (Å²) in [6.07, 6.45) is 2.36. The van der Waals surface area contributed by atoms with E-state index in [1.54, 1.807) is 18.2 Å². The van der Waals surface area contributed by atoms with E-state index in [9.17, 15) is 4.79 Å². The van der Waals surface area contributed by atoms with E-state index < -0.39 is 0 Å². The maximum Gasteiger partial charge on any atom is 0.273 e. The number of nitrogens with one attached hydrogen (secondary N) is 1. The lowest BCUT2D eigenvalue weighted by Gasteiger charge is -2.17. The van der Waals surface area contributed by atoms with Gasteiger partial charge in [-0.3, -0.25) is 4.79 Å². The lowest BCUT2D eigenvalue weighted by Crippen LogP contribution is -2.41. The number of furan rings is 1. The van der Waals surface area contributed by atoms with E-state index in [1.165, 1.54) is 6.26 Å². The summed E-state index contributed by atoms with van der Waals surface area (Å²) >= 11 is 0. The third-order valence-corrected chi connectivity index (χ3v) is 2.88. The molecule has 1 amide bonds. The predicted molar refractivity (Wildman–Crippen MR) is 74.0 cm³/mol. The fraction of sp³-hybridized carbons (Fsp3) is 0.429. The van der Waals surface area contributed by atoms with Gasteiger partial charge in [0.25, 0.3) is 5.91 Å². The first kappa shape index (κ1) is 14.3. The average Bonchev–Trinajstić information content (AvgIpc) is 3.07. The summed E-state index contributed by atoms with van der Waals surface area (Å²) in [6, 6.07) is 4.97. The van der Waals surface area contributed by atoms with Crippen molar-refractivity contribution in [3.05, 3.63) is 30.2 Å². The van der Waals surface area contributed by atoms with Gasteiger partial charge in [0.1, 0.15) is 0 Å². The van der Waals surface area contributed by atoms with Crippen molar-refractivity contribution in [2.75, 3.05) is 6.54 Å². The Morgan fingerprint density at radius 2 is 2.25 bits per heavy atom. The van der Waals surface area contributed by atoms with Crippen LogP contribution in [0.5, 0.6) is 0 Å². The van der Waals surface area contributed by atoms with Crippen molar-refractivity contribution < 1.29 is 13.7 Å². The summed E-state index contributed by atoms with van der Waals surface area (Å²) in [5.41, 5.74) is 5.88. The molecule has 0 aliphatic rings. The second kappa shape index (κ2) is 6.38. The highest BCUT2D eigenvalue weighted by Crippen LogP contribution is 2.20. The Balaban J connectivity index is 2.02. The first-order chi connectivity index (χ1) is 9.60. The molecule has 2 rings (SSSR count). The van der Waals surface area contributed by atoms with Crippen molar-refractivity contribution in [1.82, 2.24) is 10.5 Å². The molecule has 2 heterocycles. The van der Waals surface area contributed by atoms with E-state index in [1.807, 2.05) is 0 Å². The molecule has 0 aliphatic heterocycles. The predicted octanol–water partition coefficient (Wildman–Crippen LogP) is 2.04. The van der Waals surface area contributed by atoms with Gasteiger partial charge in [-0.05, 0) is 24.5 Å². The molecule has 0 fully saturated rings. The maximum absolute atomic E-state index is 12.1. The van der Waals surface area contributed by atoms with Crippen LogP contribution in [0.4, 0.5) is 0 Å². The molecular weight excluding hydrogens is 258 g/mol. The SMILES string of the molecule is CC(C)CC(CN)NC(=O)c1cc(-c2ccco2)on1. The Kier molecular flexibility index (Phi) is 4.57. The van der Waals surface area contributed by atoms with Gasteiger partial charge < -0.3 is 20.0 Å². The normalized spacial score (nSPS) is 12.6. The van der Waals surface area contributed by atoms with Gasteiger partial charge in [0.15, 0.2) is 11.5 Å². The smallest absolute Gasteiger partial charge is 0.273 e. The van der Waals surface area contributed by atoms with Crippen LogP contribution in [0.15, 0.2) is 33.4 Å². The van der Waals surface area contributed by atoms with E-state index in [-0.39, 0.29) is 17.6 Å². The molecule has 20 heavy (non-hydrogen) atoms. The number of carbonyl (C=O) groups excluding carboxylic acids is 1. The van der Waals surface area contributed by atoms with Gasteiger partial charge in [-0.1, -0.05) is 19.0 Å². The summed E-state index contributed by atoms with van der Waals surface area (Å²) in [4.78, 5) is 12.1. The van der Waals surface area contributed by atoms with Crippen LogP contribution in [0, 0.1) is 5.92 Å². The highest BCUT2D eigenvalue weighted by Gasteiger charge is 2.18. The fourth-order valence-electron chi connectivity index (χ4n) is 1.96. The van der Waals surface area contributed by atoms with Crippen LogP contribution in [0.3, 0.4) is 0 Å². The number of nitrogens with zero attached hydrogens (tertiary/aromatic N) is 1. The molecule has 6 nitrogen and oxygen atoms in total. The van der Waals surface area contributed by atoms with Gasteiger partial charge in [-0.2, -0.15) is 0 Å². The molecule has 0 spiro atoms. The lowest BCUT2D eigenvalue weighted by molar-refractivity contribution is 0.0924. The van der Waals surface area contributed by atoms with Crippen LogP contribution >= 0.6 is 0 Å². The molecule has 0 aliphatic carbocycles. The maximum atomic E-state index is 12.1. The van der Waals surface area contributed by atoms with Crippen molar-refractivity contribution in [2.24, 2.45) is 11.7 Å². The number of nitrogens with two attached hydrogens (primary N) is 1. The van der Waals surface area contributed by atoms with Crippen LogP contribution in [0.1, 0.15) is 30.8 Å². The standard InChI is InChI=1S/C14H19N3O3/c1-9(2)6-10(8-15)16-14(18)11-7-13(20-17-11)12-4-3-5-19-12/h3-5,7,9-10H,6,8,15H2,1-2H3,(H,16,18). The molecule has 3 N–H and O–H groups in total. The third-order valence-electron chi connectivity index (χ3n) is 2.88. The van der Waals surface area contributed by atoms with Crippen molar-refractivity contribution >= 4 is 5.91 Å². The molecule has 1 atom stereocenters. The van der Waals surface area contributed by atoms with Crippen molar-refractivity contribution in [1.29, 1.82) is 0 Å². The van der Waals surface area contributed by atoms with Crippen molar-refractivity contribution in [2.45, 2.75) is 26.3 Å². The number of hydrogen-bond acceptors (Lipinski definition) is 5. The van der Waals surface area contributed by atoms with Gasteiger partial charge in [-0.25, -0.2) is 0 Å². The van der Waals surface area contributed by atoms with Crippen LogP contribution in [0.2, 0.25) is 0 Å². The van der Waals surface area contributed by atoms with E-state index in [4.69, 9.17) is 14.7 Å². The monoisotopic (exact) mass is 277 g/mol. The van der Waals surface area contributed by atoms with Gasteiger partial charge in [0.2, 0.25) is 5.76 Å². The second-order valence-corrected chi connectivity index (χ2v) is 5.09. The highest BCUT2D eigenvalue weighted by atomic mass is 16.5. The third kappa shape index (κ3) is 3.48. The van der Waals surface area contributed by atoms with E-state index in [0.717, 1.165) is 6.42 Å². The van der Waals surface area contributed by atoms with Gasteiger partial charge in [-0.15, -0.1) is 0 Å². The Bertz CT molecular complexity index is 546. The molecule has 0 saturated carbocycles. The molecule has 2 aromatic rings. The van der Waals surface area contributed by atoms with E-state index in [2.05, 4.69) is 24.3 Å². The average molecular weight is 277 g/mol. The molecule has 108 valence electrons. The molecular formula is C14H19N3O3. The number of rotatable bonds is 6. The van der Waals surface area contributed by atoms with Gasteiger partial charge in [0, 0.05) is 18.7 Å². The van der Waals surface area contributed by atoms with Crippen LogP contribution in [-0.2, 0) is 0 Å². The minimum Gasteiger partial charge on any atom is -0.461 e. The van der Waals surface area contributed by atoms with Crippen LogP contribution < -0.4 is 11.1 Å². The molecule has 0 saturated heterocycles. The highest BCUT2D eigenvalue weighted by molar-refractivity contribution is 5.93. The summed E-state index contributed by atoms with van der Waals surface area (Å²) in [5.74, 6) is 1.13. The van der Waals surface area contributed by atoms with E-state index in [0.29, 0.717) is 24.0 Å².